The van der Waals surface area contributed by atoms with E-state index < -0.39 is 12.2 Å². The van der Waals surface area contributed by atoms with E-state index in [1.165, 1.54) is 7.14 Å². The minimum absolute atomic E-state index is 0.281. The van der Waals surface area contributed by atoms with Crippen molar-refractivity contribution in [2.75, 3.05) is 13.2 Å². The van der Waals surface area contributed by atoms with Crippen molar-refractivity contribution in [1.29, 1.82) is 0 Å². The van der Waals surface area contributed by atoms with Crippen molar-refractivity contribution in [2.24, 2.45) is 0 Å². The Kier molecular flexibility index (Phi) is 6.53. The third kappa shape index (κ3) is 5.41. The molecule has 4 rings (SSSR count). The molecule has 0 N–H and O–H groups in total. The molecule has 2 aromatic rings. The van der Waals surface area contributed by atoms with E-state index in [0.717, 1.165) is 12.8 Å². The smallest absolute Gasteiger partial charge is 0.357 e. The van der Waals surface area contributed by atoms with E-state index in [2.05, 4.69) is 0 Å². The molecular formula is C22H22IO6+. The van der Waals surface area contributed by atoms with Gasteiger partial charge in [-0.15, -0.1) is 0 Å². The lowest BCUT2D eigenvalue weighted by Crippen LogP contribution is -3.61. The summed E-state index contributed by atoms with van der Waals surface area (Å²) in [6.07, 6.45) is 2.06. The first-order chi connectivity index (χ1) is 14.2. The second-order valence-electron chi connectivity index (χ2n) is 6.83. The van der Waals surface area contributed by atoms with Crippen LogP contribution >= 0.6 is 0 Å². The van der Waals surface area contributed by atoms with Crippen molar-refractivity contribution in [1.82, 2.24) is 0 Å². The van der Waals surface area contributed by atoms with Crippen LogP contribution in [0.1, 0.15) is 25.7 Å². The molecule has 0 aliphatic carbocycles. The van der Waals surface area contributed by atoms with E-state index in [4.69, 9.17) is 18.9 Å². The zero-order chi connectivity index (χ0) is 20.1. The van der Waals surface area contributed by atoms with Crippen LogP contribution in [0.4, 0.5) is 0 Å². The Morgan fingerprint density at radius 2 is 1.10 bits per heavy atom. The predicted molar refractivity (Wildman–Crippen MR) is 99.5 cm³/mol. The predicted octanol–water partition coefficient (Wildman–Crippen LogP) is -0.0162. The SMILES string of the molecule is O=C1OCCCC1Oc1ccc([I+]c2ccc(OC3CCCOC3=O)cc2)cc1. The number of carbonyl (C=O) groups is 2. The Bertz CT molecular complexity index is 777. The molecule has 0 bridgehead atoms. The fourth-order valence-electron chi connectivity index (χ4n) is 3.13. The van der Waals surface area contributed by atoms with Crippen LogP contribution in [0.5, 0.6) is 11.5 Å². The maximum atomic E-state index is 11.7. The molecule has 0 saturated carbocycles. The first kappa shape index (κ1) is 20.0. The van der Waals surface area contributed by atoms with E-state index in [-0.39, 0.29) is 33.1 Å². The summed E-state index contributed by atoms with van der Waals surface area (Å²) in [5.74, 6) is 0.808. The van der Waals surface area contributed by atoms with Crippen LogP contribution in [0.3, 0.4) is 0 Å². The van der Waals surface area contributed by atoms with Crippen molar-refractivity contribution >= 4 is 11.9 Å². The maximum Gasteiger partial charge on any atom is 0.357 e. The van der Waals surface area contributed by atoms with Gasteiger partial charge in [-0.1, -0.05) is 0 Å². The molecule has 2 atom stereocenters. The number of benzene rings is 2. The lowest BCUT2D eigenvalue weighted by Gasteiger charge is -2.21. The van der Waals surface area contributed by atoms with Gasteiger partial charge >= 0.3 is 33.1 Å². The van der Waals surface area contributed by atoms with E-state index in [1.807, 2.05) is 48.5 Å². The van der Waals surface area contributed by atoms with Crippen molar-refractivity contribution in [3.63, 3.8) is 0 Å². The highest BCUT2D eigenvalue weighted by molar-refractivity contribution is 5.76. The average molecular weight is 509 g/mol. The highest BCUT2D eigenvalue weighted by Crippen LogP contribution is 2.18. The van der Waals surface area contributed by atoms with E-state index in [0.29, 0.717) is 37.6 Å². The topological polar surface area (TPSA) is 71.1 Å². The van der Waals surface area contributed by atoms with Gasteiger partial charge < -0.3 is 18.9 Å². The molecule has 0 radical (unpaired) electrons. The van der Waals surface area contributed by atoms with Crippen LogP contribution in [0.2, 0.25) is 0 Å². The molecule has 2 heterocycles. The molecule has 6 nitrogen and oxygen atoms in total. The molecule has 2 aliphatic rings. The van der Waals surface area contributed by atoms with Crippen LogP contribution in [0.15, 0.2) is 48.5 Å². The molecule has 2 saturated heterocycles. The van der Waals surface area contributed by atoms with Gasteiger partial charge in [0.05, 0.1) is 13.2 Å². The number of esters is 2. The molecule has 2 aliphatic heterocycles. The summed E-state index contributed by atoms with van der Waals surface area (Å²) in [5.41, 5.74) is 0. The third-order valence-electron chi connectivity index (χ3n) is 4.64. The Morgan fingerprint density at radius 3 is 1.48 bits per heavy atom. The van der Waals surface area contributed by atoms with Crippen LogP contribution in [0.25, 0.3) is 0 Å². The summed E-state index contributed by atoms with van der Waals surface area (Å²) in [5, 5.41) is 0. The molecule has 0 spiro atoms. The minimum Gasteiger partial charge on any atom is -0.479 e. The Morgan fingerprint density at radius 1 is 0.690 bits per heavy atom. The summed E-state index contributed by atoms with van der Waals surface area (Å²) < 4.78 is 24.1. The van der Waals surface area contributed by atoms with Crippen molar-refractivity contribution < 1.29 is 49.7 Å². The molecule has 2 aromatic carbocycles. The van der Waals surface area contributed by atoms with Crippen LogP contribution in [0, 0.1) is 7.14 Å². The van der Waals surface area contributed by atoms with Gasteiger partial charge in [0, 0.05) is 0 Å². The second kappa shape index (κ2) is 9.47. The number of hydrogen-bond acceptors (Lipinski definition) is 6. The van der Waals surface area contributed by atoms with Crippen molar-refractivity contribution in [2.45, 2.75) is 37.9 Å². The normalized spacial score (nSPS) is 21.8. The van der Waals surface area contributed by atoms with Gasteiger partial charge in [-0.25, -0.2) is 9.59 Å². The fourth-order valence-corrected chi connectivity index (χ4v) is 5.28. The monoisotopic (exact) mass is 509 g/mol. The molecule has 0 aromatic heterocycles. The Hall–Kier alpha value is -2.29. The van der Waals surface area contributed by atoms with Gasteiger partial charge in [0.15, 0.2) is 19.3 Å². The molecule has 0 amide bonds. The van der Waals surface area contributed by atoms with Gasteiger partial charge in [0.1, 0.15) is 11.5 Å². The highest BCUT2D eigenvalue weighted by Gasteiger charge is 2.27. The molecule has 152 valence electrons. The summed E-state index contributed by atoms with van der Waals surface area (Å²) in [6.45, 7) is 0.966. The summed E-state index contributed by atoms with van der Waals surface area (Å²) in [7, 11) is 0. The largest absolute Gasteiger partial charge is 0.479 e. The quantitative estimate of drug-likeness (QED) is 0.403. The summed E-state index contributed by atoms with van der Waals surface area (Å²) in [4.78, 5) is 23.4. The number of halogens is 1. The molecule has 2 unspecified atom stereocenters. The zero-order valence-electron chi connectivity index (χ0n) is 15.8. The molecule has 2 fully saturated rings. The van der Waals surface area contributed by atoms with Crippen molar-refractivity contribution in [3.8, 4) is 11.5 Å². The summed E-state index contributed by atoms with van der Waals surface area (Å²) in [6, 6.07) is 15.8. The first-order valence-electron chi connectivity index (χ1n) is 9.69. The lowest BCUT2D eigenvalue weighted by molar-refractivity contribution is -0.597. The van der Waals surface area contributed by atoms with E-state index in [1.54, 1.807) is 0 Å². The van der Waals surface area contributed by atoms with E-state index >= 15 is 0 Å². The maximum absolute atomic E-state index is 11.7. The minimum atomic E-state index is -0.502. The Balaban J connectivity index is 1.32. The second-order valence-corrected chi connectivity index (χ2v) is 9.87. The molecule has 7 heteroatoms. The van der Waals surface area contributed by atoms with E-state index in [9.17, 15) is 9.59 Å². The van der Waals surface area contributed by atoms with Gasteiger partial charge in [0.25, 0.3) is 0 Å². The van der Waals surface area contributed by atoms with Gasteiger partial charge in [-0.05, 0) is 74.2 Å². The number of cyclic esters (lactones) is 2. The zero-order valence-corrected chi connectivity index (χ0v) is 18.0. The Labute approximate surface area is 179 Å². The van der Waals surface area contributed by atoms with Crippen molar-refractivity contribution in [3.05, 3.63) is 55.7 Å². The first-order valence-corrected chi connectivity index (χ1v) is 11.8. The standard InChI is InChI=1S/C22H22IO6/c24-21-19(3-1-13-26-21)28-17-9-5-15(6-10-17)23-16-7-11-18(12-8-16)29-20-4-2-14-27-22(20)25/h5-12,19-20H,1-4,13-14H2/q+1. The van der Waals surface area contributed by atoms with Gasteiger partial charge in [-0.3, -0.25) is 0 Å². The average Bonchev–Trinajstić information content (AvgIpc) is 2.74. The molecule has 29 heavy (non-hydrogen) atoms. The summed E-state index contributed by atoms with van der Waals surface area (Å²) >= 11 is -0.351. The third-order valence-corrected chi connectivity index (χ3v) is 7.32. The highest BCUT2D eigenvalue weighted by atomic mass is 127. The van der Waals surface area contributed by atoms with Crippen LogP contribution in [-0.2, 0) is 19.1 Å². The number of carbonyl (C=O) groups excluding carboxylic acids is 2. The lowest BCUT2D eigenvalue weighted by atomic mass is 10.1. The number of rotatable bonds is 6. The number of ether oxygens (including phenoxy) is 4. The van der Waals surface area contributed by atoms with Gasteiger partial charge in [-0.2, -0.15) is 0 Å². The fraction of sp³-hybridized carbons (Fsp3) is 0.364. The molecular weight excluding hydrogens is 487 g/mol. The van der Waals surface area contributed by atoms with Crippen LogP contribution < -0.4 is 30.7 Å². The van der Waals surface area contributed by atoms with Crippen LogP contribution in [-0.4, -0.2) is 37.4 Å². The number of hydrogen-bond donors (Lipinski definition) is 0. The van der Waals surface area contributed by atoms with Gasteiger partial charge in [0.2, 0.25) is 0 Å².